The first-order valence-corrected chi connectivity index (χ1v) is 15.4. The highest BCUT2D eigenvalue weighted by Gasteiger charge is 2.46. The topological polar surface area (TPSA) is 286 Å². The van der Waals surface area contributed by atoms with Crippen LogP contribution in [0.1, 0.15) is 44.9 Å². The van der Waals surface area contributed by atoms with Crippen molar-refractivity contribution in [3.8, 4) is 0 Å². The lowest BCUT2D eigenvalue weighted by Gasteiger charge is -2.41. The first-order chi connectivity index (χ1) is 21.1. The smallest absolute Gasteiger partial charge is 0.176 e. The Kier molecular flexibility index (Phi) is 18.3. The Hall–Kier alpha value is -1.35. The van der Waals surface area contributed by atoms with Gasteiger partial charge in [0.2, 0.25) is 0 Å². The van der Waals surface area contributed by atoms with Crippen molar-refractivity contribution in [1.29, 1.82) is 0 Å². The van der Waals surface area contributed by atoms with Crippen LogP contribution in [0.25, 0.3) is 0 Å². The molecule has 4 aliphatic rings. The molecule has 1 aliphatic carbocycles. The van der Waals surface area contributed by atoms with Crippen molar-refractivity contribution >= 4 is 6.29 Å². The Labute approximate surface area is 259 Å². The number of allylic oxidation sites excluding steroid dienone is 1. The molecule has 3 fully saturated rings. The molecule has 0 spiro atoms. The molecule has 0 bridgehead atoms. The third-order valence-electron chi connectivity index (χ3n) is 7.92. The standard InChI is InChI=1S/C18H36N4O7.C6H11NO.C4H9NO2/c1-22-9-2-8(20)3-10(4-9)26-14-5-11(13(7-23)27-14)28-18-15(21)17(25)16(24)12(6-19)29-18;7-5-6-3-1-2-4-8-6;5-2-1-4(7)3-6/h8-18,22-25H,2-7,19-21H2,1H3;3H,1-2,4-5,7H2;3-4,7H,1-2,5H2/t8?,9?,10?,11-,12-,13?,14?,15+,16+,17?,18-;;/m0../s1. The molecule has 0 aromatic carbocycles. The highest BCUT2D eigenvalue weighted by Crippen LogP contribution is 2.31. The summed E-state index contributed by atoms with van der Waals surface area (Å²) in [6.45, 7) is 1.51. The molecule has 44 heavy (non-hydrogen) atoms. The molecule has 2 saturated heterocycles. The van der Waals surface area contributed by atoms with Gasteiger partial charge in [0.25, 0.3) is 0 Å². The normalized spacial score (nSPS) is 37.8. The Morgan fingerprint density at radius 3 is 2.34 bits per heavy atom. The highest BCUT2D eigenvalue weighted by molar-refractivity contribution is 5.55. The Morgan fingerprint density at radius 2 is 1.82 bits per heavy atom. The number of carbonyl (C=O) groups is 1. The lowest BCUT2D eigenvalue weighted by atomic mass is 9.89. The number of nitrogens with two attached hydrogens (primary N) is 5. The minimum atomic E-state index is -1.23. The van der Waals surface area contributed by atoms with E-state index < -0.39 is 55.2 Å². The maximum Gasteiger partial charge on any atom is 0.176 e. The summed E-state index contributed by atoms with van der Waals surface area (Å²) in [5.74, 6) is 0.955. The monoisotopic (exact) mass is 636 g/mol. The van der Waals surface area contributed by atoms with E-state index in [0.29, 0.717) is 38.3 Å². The van der Waals surface area contributed by atoms with Crippen molar-refractivity contribution in [2.45, 2.75) is 118 Å². The number of ether oxygens (including phenoxy) is 5. The molecule has 0 aromatic heterocycles. The van der Waals surface area contributed by atoms with Gasteiger partial charge >= 0.3 is 0 Å². The molecule has 1 saturated carbocycles. The van der Waals surface area contributed by atoms with E-state index in [1.54, 1.807) is 0 Å². The Bertz CT molecular complexity index is 830. The zero-order chi connectivity index (χ0) is 32.6. The number of nitrogens with one attached hydrogen (secondary N) is 1. The van der Waals surface area contributed by atoms with Crippen LogP contribution in [-0.2, 0) is 28.5 Å². The second kappa shape index (κ2) is 20.7. The summed E-state index contributed by atoms with van der Waals surface area (Å²) in [5.41, 5.74) is 28.0. The number of aliphatic hydroxyl groups excluding tert-OH is 4. The van der Waals surface area contributed by atoms with Crippen LogP contribution in [0.3, 0.4) is 0 Å². The van der Waals surface area contributed by atoms with Gasteiger partial charge in [-0.05, 0) is 58.2 Å². The molecule has 0 aromatic rings. The van der Waals surface area contributed by atoms with Crippen LogP contribution < -0.4 is 34.0 Å². The maximum atomic E-state index is 10.1. The number of hydrogen-bond donors (Lipinski definition) is 10. The van der Waals surface area contributed by atoms with Crippen LogP contribution in [0.5, 0.6) is 0 Å². The number of aliphatic hydroxyl groups is 4. The second-order valence-corrected chi connectivity index (χ2v) is 11.4. The Morgan fingerprint density at radius 1 is 1.07 bits per heavy atom. The van der Waals surface area contributed by atoms with Crippen molar-refractivity contribution in [3.05, 3.63) is 11.8 Å². The fourth-order valence-corrected chi connectivity index (χ4v) is 5.37. The fraction of sp³-hybridized carbons (Fsp3) is 0.893. The number of aldehydes is 1. The zero-order valence-corrected chi connectivity index (χ0v) is 25.7. The van der Waals surface area contributed by atoms with Crippen molar-refractivity contribution in [1.82, 2.24) is 5.32 Å². The first kappa shape index (κ1) is 38.8. The number of hydrogen-bond acceptors (Lipinski definition) is 16. The van der Waals surface area contributed by atoms with Crippen molar-refractivity contribution < 1.29 is 48.9 Å². The van der Waals surface area contributed by atoms with E-state index >= 15 is 0 Å². The maximum absolute atomic E-state index is 10.1. The van der Waals surface area contributed by atoms with Gasteiger partial charge in [0.15, 0.2) is 12.6 Å². The van der Waals surface area contributed by atoms with Gasteiger partial charge in [0.1, 0.15) is 42.6 Å². The first-order valence-electron chi connectivity index (χ1n) is 15.4. The highest BCUT2D eigenvalue weighted by atomic mass is 16.7. The fourth-order valence-electron chi connectivity index (χ4n) is 5.37. The Balaban J connectivity index is 0.000000368. The summed E-state index contributed by atoms with van der Waals surface area (Å²) < 4.78 is 28.6. The SMILES string of the molecule is CNC1CC(N)CC(OC2C[C@H](O[C@H]3O[C@@H](CN)[C@@H](O)C(O)[C@H]3N)C(CO)O2)C1.NCC1=CCCCO1.NCCC(O)C=O. The quantitative estimate of drug-likeness (QED) is 0.0974. The van der Waals surface area contributed by atoms with Crippen LogP contribution in [-0.4, -0.2) is 140 Å². The molecule has 12 atom stereocenters. The third kappa shape index (κ3) is 12.4. The lowest BCUT2D eigenvalue weighted by molar-refractivity contribution is -0.274. The molecule has 7 unspecified atom stereocenters. The van der Waals surface area contributed by atoms with Crippen LogP contribution in [0, 0.1) is 0 Å². The van der Waals surface area contributed by atoms with Gasteiger partial charge in [-0.1, -0.05) is 0 Å². The largest absolute Gasteiger partial charge is 0.497 e. The predicted molar refractivity (Wildman–Crippen MR) is 161 cm³/mol. The van der Waals surface area contributed by atoms with Crippen LogP contribution in [0.15, 0.2) is 11.8 Å². The summed E-state index contributed by atoms with van der Waals surface area (Å²) in [7, 11) is 1.91. The van der Waals surface area contributed by atoms with E-state index in [-0.39, 0.29) is 25.3 Å². The molecule has 16 nitrogen and oxygen atoms in total. The lowest BCUT2D eigenvalue weighted by Crippen LogP contribution is -2.63. The molecule has 0 amide bonds. The van der Waals surface area contributed by atoms with E-state index in [1.807, 2.05) is 7.05 Å². The molecule has 3 heterocycles. The summed E-state index contributed by atoms with van der Waals surface area (Å²) in [6, 6.07) is -0.608. The minimum Gasteiger partial charge on any atom is -0.497 e. The average molecular weight is 637 g/mol. The molecule has 3 aliphatic heterocycles. The minimum absolute atomic E-state index is 0.00963. The molecule has 0 radical (unpaired) electrons. The molecule has 258 valence electrons. The van der Waals surface area contributed by atoms with Gasteiger partial charge in [-0.2, -0.15) is 0 Å². The van der Waals surface area contributed by atoms with Crippen LogP contribution in [0.4, 0.5) is 0 Å². The summed E-state index contributed by atoms with van der Waals surface area (Å²) >= 11 is 0. The van der Waals surface area contributed by atoms with Gasteiger partial charge in [0.05, 0.1) is 38.0 Å². The van der Waals surface area contributed by atoms with E-state index in [2.05, 4.69) is 11.4 Å². The average Bonchev–Trinajstić information content (AvgIpc) is 3.42. The van der Waals surface area contributed by atoms with E-state index in [4.69, 9.17) is 57.5 Å². The molecule has 4 rings (SSSR count). The van der Waals surface area contributed by atoms with Gasteiger partial charge in [-0.3, -0.25) is 0 Å². The van der Waals surface area contributed by atoms with Crippen molar-refractivity contribution in [2.75, 3.05) is 39.9 Å². The number of rotatable bonds is 11. The van der Waals surface area contributed by atoms with Crippen molar-refractivity contribution in [3.63, 3.8) is 0 Å². The zero-order valence-electron chi connectivity index (χ0n) is 25.7. The van der Waals surface area contributed by atoms with E-state index in [0.717, 1.165) is 44.5 Å². The van der Waals surface area contributed by atoms with Crippen molar-refractivity contribution in [2.24, 2.45) is 28.7 Å². The van der Waals surface area contributed by atoms with E-state index in [9.17, 15) is 20.1 Å². The van der Waals surface area contributed by atoms with Crippen LogP contribution in [0.2, 0.25) is 0 Å². The number of carbonyl (C=O) groups excluding carboxylic acids is 1. The third-order valence-corrected chi connectivity index (χ3v) is 7.92. The summed E-state index contributed by atoms with van der Waals surface area (Å²) in [6.07, 6.45) is 1.22. The molecular weight excluding hydrogens is 580 g/mol. The van der Waals surface area contributed by atoms with Gasteiger partial charge in [-0.25, -0.2) is 0 Å². The van der Waals surface area contributed by atoms with Crippen LogP contribution >= 0.6 is 0 Å². The van der Waals surface area contributed by atoms with Gasteiger partial charge in [0, 0.05) is 25.0 Å². The second-order valence-electron chi connectivity index (χ2n) is 11.4. The van der Waals surface area contributed by atoms with Gasteiger partial charge in [-0.15, -0.1) is 0 Å². The van der Waals surface area contributed by atoms with E-state index in [1.165, 1.54) is 0 Å². The predicted octanol–water partition coefficient (Wildman–Crippen LogP) is -3.77. The molecule has 15 N–H and O–H groups in total. The molecular formula is C28H56N6O10. The summed E-state index contributed by atoms with van der Waals surface area (Å²) in [5, 5.41) is 41.5. The summed E-state index contributed by atoms with van der Waals surface area (Å²) in [4.78, 5) is 9.59. The molecule has 16 heteroatoms. The van der Waals surface area contributed by atoms with Gasteiger partial charge < -0.3 is 82.9 Å².